The molecule has 0 unspecified atom stereocenters. The summed E-state index contributed by atoms with van der Waals surface area (Å²) in [7, 11) is -3.71. The van der Waals surface area contributed by atoms with Gasteiger partial charge in [0.15, 0.2) is 0 Å². The van der Waals surface area contributed by atoms with E-state index in [9.17, 15) is 17.6 Å². The van der Waals surface area contributed by atoms with Crippen molar-refractivity contribution in [1.29, 1.82) is 0 Å². The van der Waals surface area contributed by atoms with E-state index >= 15 is 0 Å². The molecule has 0 saturated heterocycles. The van der Waals surface area contributed by atoms with E-state index in [0.29, 0.717) is 11.6 Å². The molecule has 1 N–H and O–H groups in total. The molecule has 29 heavy (non-hydrogen) atoms. The summed E-state index contributed by atoms with van der Waals surface area (Å²) in [4.78, 5) is 12.2. The van der Waals surface area contributed by atoms with Crippen LogP contribution in [0.15, 0.2) is 42.5 Å². The van der Waals surface area contributed by atoms with Gasteiger partial charge in [-0.2, -0.15) is 11.8 Å². The standard InChI is InChI=1S/C19H21Cl2FN2O3S2/c1-29(26,27)24(18-8-5-15(20)11-17(18)21)12-19(25)23-9-2-10-28-13-14-3-6-16(22)7-4-14/h3-8,11H,2,9-10,12-13H2,1H3,(H,23,25). The minimum atomic E-state index is -3.71. The highest BCUT2D eigenvalue weighted by atomic mass is 35.5. The number of hydrogen-bond donors (Lipinski definition) is 1. The molecular formula is C19H21Cl2FN2O3S2. The SMILES string of the molecule is CS(=O)(=O)N(CC(=O)NCCCSCc1ccc(F)cc1)c1ccc(Cl)cc1Cl. The summed E-state index contributed by atoms with van der Waals surface area (Å²) in [5, 5.41) is 3.23. The summed E-state index contributed by atoms with van der Waals surface area (Å²) in [6, 6.07) is 10.7. The van der Waals surface area contributed by atoms with Gasteiger partial charge in [-0.05, 0) is 48.1 Å². The molecule has 158 valence electrons. The highest BCUT2D eigenvalue weighted by molar-refractivity contribution is 7.98. The molecule has 0 atom stereocenters. The Morgan fingerprint density at radius 2 is 1.86 bits per heavy atom. The van der Waals surface area contributed by atoms with E-state index in [1.807, 2.05) is 0 Å². The molecule has 10 heteroatoms. The third kappa shape index (κ3) is 8.04. The predicted molar refractivity (Wildman–Crippen MR) is 119 cm³/mol. The van der Waals surface area contributed by atoms with Gasteiger partial charge in [0.05, 0.1) is 17.0 Å². The molecule has 0 radical (unpaired) electrons. The van der Waals surface area contributed by atoms with Crippen LogP contribution in [0, 0.1) is 5.82 Å². The fraction of sp³-hybridized carbons (Fsp3) is 0.316. The zero-order chi connectivity index (χ0) is 21.4. The Bertz CT molecular complexity index is 941. The van der Waals surface area contributed by atoms with Gasteiger partial charge in [-0.1, -0.05) is 35.3 Å². The van der Waals surface area contributed by atoms with Crippen LogP contribution >= 0.6 is 35.0 Å². The van der Waals surface area contributed by atoms with E-state index in [4.69, 9.17) is 23.2 Å². The minimum Gasteiger partial charge on any atom is -0.354 e. The van der Waals surface area contributed by atoms with Crippen LogP contribution in [0.5, 0.6) is 0 Å². The van der Waals surface area contributed by atoms with Crippen LogP contribution in [0.1, 0.15) is 12.0 Å². The molecule has 2 aromatic rings. The number of nitrogens with one attached hydrogen (secondary N) is 1. The van der Waals surface area contributed by atoms with Crippen molar-refractivity contribution >= 4 is 56.6 Å². The van der Waals surface area contributed by atoms with Gasteiger partial charge in [-0.25, -0.2) is 12.8 Å². The number of benzene rings is 2. The van der Waals surface area contributed by atoms with E-state index < -0.39 is 15.9 Å². The van der Waals surface area contributed by atoms with Gasteiger partial charge in [0, 0.05) is 17.3 Å². The van der Waals surface area contributed by atoms with Gasteiger partial charge in [-0.15, -0.1) is 0 Å². The van der Waals surface area contributed by atoms with Crippen molar-refractivity contribution < 1.29 is 17.6 Å². The average molecular weight is 479 g/mol. The van der Waals surface area contributed by atoms with Crippen molar-refractivity contribution in [3.63, 3.8) is 0 Å². The Kier molecular flexibility index (Phi) is 9.07. The second kappa shape index (κ2) is 11.1. The number of nitrogens with zero attached hydrogens (tertiary/aromatic N) is 1. The monoisotopic (exact) mass is 478 g/mol. The molecular weight excluding hydrogens is 458 g/mol. The first-order chi connectivity index (χ1) is 13.7. The number of hydrogen-bond acceptors (Lipinski definition) is 4. The molecule has 0 aliphatic rings. The molecule has 5 nitrogen and oxygen atoms in total. The van der Waals surface area contributed by atoms with Crippen molar-refractivity contribution in [2.24, 2.45) is 0 Å². The summed E-state index contributed by atoms with van der Waals surface area (Å²) < 4.78 is 38.0. The normalized spacial score (nSPS) is 11.3. The molecule has 0 bridgehead atoms. The molecule has 0 spiro atoms. The molecule has 0 saturated carbocycles. The van der Waals surface area contributed by atoms with E-state index in [0.717, 1.165) is 34.1 Å². The highest BCUT2D eigenvalue weighted by Gasteiger charge is 2.23. The van der Waals surface area contributed by atoms with Crippen LogP contribution in [0.3, 0.4) is 0 Å². The lowest BCUT2D eigenvalue weighted by Gasteiger charge is -2.23. The van der Waals surface area contributed by atoms with E-state index in [-0.39, 0.29) is 23.1 Å². The largest absolute Gasteiger partial charge is 0.354 e. The number of halogens is 3. The van der Waals surface area contributed by atoms with Gasteiger partial charge in [0.25, 0.3) is 0 Å². The zero-order valence-corrected chi connectivity index (χ0v) is 18.8. The van der Waals surface area contributed by atoms with Crippen molar-refractivity contribution in [3.8, 4) is 0 Å². The number of anilines is 1. The lowest BCUT2D eigenvalue weighted by atomic mass is 10.2. The Morgan fingerprint density at radius 3 is 2.48 bits per heavy atom. The number of rotatable bonds is 10. The maximum atomic E-state index is 12.9. The molecule has 1 amide bonds. The van der Waals surface area contributed by atoms with Crippen molar-refractivity contribution in [1.82, 2.24) is 5.32 Å². The fourth-order valence-electron chi connectivity index (χ4n) is 2.42. The average Bonchev–Trinajstić information content (AvgIpc) is 2.64. The van der Waals surface area contributed by atoms with Gasteiger partial charge < -0.3 is 5.32 Å². The summed E-state index contributed by atoms with van der Waals surface area (Å²) in [5.74, 6) is 0.871. The molecule has 0 aromatic heterocycles. The first-order valence-electron chi connectivity index (χ1n) is 8.68. The number of carbonyl (C=O) groups is 1. The van der Waals surface area contributed by atoms with Crippen LogP contribution in [0.4, 0.5) is 10.1 Å². The molecule has 2 rings (SSSR count). The van der Waals surface area contributed by atoms with Crippen molar-refractivity contribution in [3.05, 3.63) is 63.9 Å². The lowest BCUT2D eigenvalue weighted by Crippen LogP contribution is -2.40. The third-order valence-electron chi connectivity index (χ3n) is 3.84. The van der Waals surface area contributed by atoms with Crippen molar-refractivity contribution in [2.45, 2.75) is 12.2 Å². The Labute approximate surface area is 184 Å². The van der Waals surface area contributed by atoms with Crippen LogP contribution < -0.4 is 9.62 Å². The molecule has 2 aromatic carbocycles. The van der Waals surface area contributed by atoms with E-state index in [1.165, 1.54) is 30.3 Å². The molecule has 0 heterocycles. The minimum absolute atomic E-state index is 0.146. The van der Waals surface area contributed by atoms with Crippen molar-refractivity contribution in [2.75, 3.05) is 29.4 Å². The molecule has 0 fully saturated rings. The van der Waals surface area contributed by atoms with Gasteiger partial charge >= 0.3 is 0 Å². The van der Waals surface area contributed by atoms with Crippen LogP contribution in [0.2, 0.25) is 10.0 Å². The fourth-order valence-corrected chi connectivity index (χ4v) is 4.77. The van der Waals surface area contributed by atoms with E-state index in [2.05, 4.69) is 5.32 Å². The molecule has 0 aliphatic carbocycles. The Hall–Kier alpha value is -1.48. The number of amides is 1. The maximum absolute atomic E-state index is 12.9. The number of thioether (sulfide) groups is 1. The van der Waals surface area contributed by atoms with Gasteiger partial charge in [-0.3, -0.25) is 9.10 Å². The lowest BCUT2D eigenvalue weighted by molar-refractivity contribution is -0.119. The third-order valence-corrected chi connectivity index (χ3v) is 6.61. The zero-order valence-electron chi connectivity index (χ0n) is 15.7. The summed E-state index contributed by atoms with van der Waals surface area (Å²) >= 11 is 13.6. The number of carbonyl (C=O) groups excluding carboxylic acids is 1. The first kappa shape index (κ1) is 23.8. The quantitative estimate of drug-likeness (QED) is 0.515. The maximum Gasteiger partial charge on any atom is 0.240 e. The highest BCUT2D eigenvalue weighted by Crippen LogP contribution is 2.30. The smallest absolute Gasteiger partial charge is 0.240 e. The first-order valence-corrected chi connectivity index (χ1v) is 12.4. The predicted octanol–water partition coefficient (Wildman–Crippen LogP) is 4.34. The van der Waals surface area contributed by atoms with E-state index in [1.54, 1.807) is 23.9 Å². The summed E-state index contributed by atoms with van der Waals surface area (Å²) in [6.07, 6.45) is 1.73. The molecule has 0 aliphatic heterocycles. The second-order valence-electron chi connectivity index (χ2n) is 6.25. The van der Waals surface area contributed by atoms with Gasteiger partial charge in [0.2, 0.25) is 15.9 Å². The summed E-state index contributed by atoms with van der Waals surface area (Å²) in [5.41, 5.74) is 1.23. The Balaban J connectivity index is 1.79. The summed E-state index contributed by atoms with van der Waals surface area (Å²) in [6.45, 7) is 0.0457. The van der Waals surface area contributed by atoms with Crippen LogP contribution in [-0.4, -0.2) is 39.4 Å². The van der Waals surface area contributed by atoms with Gasteiger partial charge in [0.1, 0.15) is 12.4 Å². The Morgan fingerprint density at radius 1 is 1.17 bits per heavy atom. The van der Waals surface area contributed by atoms with Crippen LogP contribution in [0.25, 0.3) is 0 Å². The number of sulfonamides is 1. The topological polar surface area (TPSA) is 66.5 Å². The van der Waals surface area contributed by atoms with Crippen LogP contribution in [-0.2, 0) is 20.6 Å². The second-order valence-corrected chi connectivity index (χ2v) is 10.1.